The molecule has 0 radical (unpaired) electrons. The number of ether oxygens (including phenoxy) is 1. The Morgan fingerprint density at radius 1 is 1.35 bits per heavy atom. The number of anilines is 1. The molecule has 1 fully saturated rings. The van der Waals surface area contributed by atoms with E-state index in [1.165, 1.54) is 5.56 Å². The number of fused-ring (bicyclic) bond motifs is 1. The van der Waals surface area contributed by atoms with Gasteiger partial charge in [0, 0.05) is 38.9 Å². The van der Waals surface area contributed by atoms with Gasteiger partial charge in [0.05, 0.1) is 0 Å². The van der Waals surface area contributed by atoms with Crippen LogP contribution in [-0.2, 0) is 16.0 Å². The minimum absolute atomic E-state index is 0.0998. The number of carbonyl (C=O) groups is 1. The van der Waals surface area contributed by atoms with Crippen molar-refractivity contribution in [3.63, 3.8) is 0 Å². The molecule has 4 nitrogen and oxygen atoms in total. The fraction of sp³-hybridized carbons (Fsp3) is 0.562. The molecule has 3 rings (SSSR count). The number of benzene rings is 1. The first kappa shape index (κ1) is 13.4. The standard InChI is InChI=1S/C16H22N2O2/c1-18(11-12-6-8-20-9-7-12)16(19)15-10-13-4-2-3-5-14(13)17-15/h2-5,12,15,17H,6-11H2,1H3. The number of likely N-dealkylation sites (N-methyl/N-ethyl adjacent to an activating group) is 1. The topological polar surface area (TPSA) is 41.6 Å². The van der Waals surface area contributed by atoms with Gasteiger partial charge in [0.15, 0.2) is 0 Å². The first-order valence-electron chi connectivity index (χ1n) is 7.41. The number of rotatable bonds is 3. The van der Waals surface area contributed by atoms with Gasteiger partial charge in [-0.25, -0.2) is 0 Å². The van der Waals surface area contributed by atoms with E-state index in [1.54, 1.807) is 0 Å². The van der Waals surface area contributed by atoms with Gasteiger partial charge in [-0.3, -0.25) is 4.79 Å². The molecular formula is C16H22N2O2. The van der Waals surface area contributed by atoms with Crippen molar-refractivity contribution in [3.05, 3.63) is 29.8 Å². The van der Waals surface area contributed by atoms with Crippen LogP contribution in [0.15, 0.2) is 24.3 Å². The van der Waals surface area contributed by atoms with Gasteiger partial charge in [-0.15, -0.1) is 0 Å². The predicted octanol–water partition coefficient (Wildman–Crippen LogP) is 1.91. The van der Waals surface area contributed by atoms with E-state index < -0.39 is 0 Å². The van der Waals surface area contributed by atoms with Crippen LogP contribution in [0, 0.1) is 5.92 Å². The molecule has 1 aromatic rings. The summed E-state index contributed by atoms with van der Waals surface area (Å²) >= 11 is 0. The van der Waals surface area contributed by atoms with Crippen LogP contribution in [-0.4, -0.2) is 43.7 Å². The summed E-state index contributed by atoms with van der Waals surface area (Å²) in [6, 6.07) is 8.07. The second kappa shape index (κ2) is 5.83. The molecule has 2 aliphatic rings. The molecule has 1 N–H and O–H groups in total. The number of para-hydroxylation sites is 1. The van der Waals surface area contributed by atoms with E-state index in [2.05, 4.69) is 11.4 Å². The summed E-state index contributed by atoms with van der Waals surface area (Å²) in [5, 5.41) is 3.34. The van der Waals surface area contributed by atoms with E-state index >= 15 is 0 Å². The lowest BCUT2D eigenvalue weighted by Gasteiger charge is -2.28. The number of nitrogens with zero attached hydrogens (tertiary/aromatic N) is 1. The van der Waals surface area contributed by atoms with Crippen LogP contribution in [0.1, 0.15) is 18.4 Å². The first-order chi connectivity index (χ1) is 9.74. The molecule has 2 heterocycles. The predicted molar refractivity (Wildman–Crippen MR) is 78.7 cm³/mol. The summed E-state index contributed by atoms with van der Waals surface area (Å²) in [7, 11) is 1.92. The molecule has 0 aromatic heterocycles. The smallest absolute Gasteiger partial charge is 0.245 e. The maximum Gasteiger partial charge on any atom is 0.245 e. The molecule has 1 amide bonds. The molecule has 0 saturated carbocycles. The van der Waals surface area contributed by atoms with Crippen LogP contribution < -0.4 is 5.32 Å². The van der Waals surface area contributed by atoms with Crippen molar-refractivity contribution in [2.24, 2.45) is 5.92 Å². The molecule has 1 aromatic carbocycles. The zero-order chi connectivity index (χ0) is 13.9. The van der Waals surface area contributed by atoms with Gasteiger partial charge in [0.1, 0.15) is 6.04 Å². The first-order valence-corrected chi connectivity index (χ1v) is 7.41. The van der Waals surface area contributed by atoms with Crippen LogP contribution in [0.2, 0.25) is 0 Å². The Labute approximate surface area is 120 Å². The fourth-order valence-electron chi connectivity index (χ4n) is 3.12. The Morgan fingerprint density at radius 3 is 2.85 bits per heavy atom. The molecular weight excluding hydrogens is 252 g/mol. The Kier molecular flexibility index (Phi) is 3.92. The van der Waals surface area contributed by atoms with Crippen LogP contribution >= 0.6 is 0 Å². The molecule has 0 aliphatic carbocycles. The summed E-state index contributed by atoms with van der Waals surface area (Å²) in [6.45, 7) is 2.51. The highest BCUT2D eigenvalue weighted by Crippen LogP contribution is 2.26. The molecule has 1 unspecified atom stereocenters. The van der Waals surface area contributed by atoms with Crippen LogP contribution in [0.4, 0.5) is 5.69 Å². The van der Waals surface area contributed by atoms with Gasteiger partial charge in [-0.1, -0.05) is 18.2 Å². The Hall–Kier alpha value is -1.55. The van der Waals surface area contributed by atoms with Crippen molar-refractivity contribution in [3.8, 4) is 0 Å². The second-order valence-electron chi connectivity index (χ2n) is 5.83. The van der Waals surface area contributed by atoms with E-state index in [0.717, 1.165) is 44.7 Å². The average molecular weight is 274 g/mol. The molecule has 0 spiro atoms. The fourth-order valence-corrected chi connectivity index (χ4v) is 3.12. The minimum Gasteiger partial charge on any atom is -0.381 e. The molecule has 1 saturated heterocycles. The maximum absolute atomic E-state index is 12.5. The van der Waals surface area contributed by atoms with Crippen molar-refractivity contribution in [1.82, 2.24) is 4.90 Å². The van der Waals surface area contributed by atoms with Crippen molar-refractivity contribution in [1.29, 1.82) is 0 Å². The summed E-state index contributed by atoms with van der Waals surface area (Å²) in [5.74, 6) is 0.786. The highest BCUT2D eigenvalue weighted by Gasteiger charge is 2.29. The van der Waals surface area contributed by atoms with E-state index in [0.29, 0.717) is 5.92 Å². The third kappa shape index (κ3) is 2.80. The number of nitrogens with one attached hydrogen (secondary N) is 1. The summed E-state index contributed by atoms with van der Waals surface area (Å²) < 4.78 is 5.37. The zero-order valence-electron chi connectivity index (χ0n) is 12.0. The highest BCUT2D eigenvalue weighted by molar-refractivity contribution is 5.87. The lowest BCUT2D eigenvalue weighted by molar-refractivity contribution is -0.131. The van der Waals surface area contributed by atoms with Gasteiger partial charge in [0.2, 0.25) is 5.91 Å². The van der Waals surface area contributed by atoms with E-state index in [-0.39, 0.29) is 11.9 Å². The SMILES string of the molecule is CN(CC1CCOCC1)C(=O)C1Cc2ccccc2N1. The number of hydrogen-bond acceptors (Lipinski definition) is 3. The maximum atomic E-state index is 12.5. The molecule has 108 valence electrons. The number of hydrogen-bond donors (Lipinski definition) is 1. The van der Waals surface area contributed by atoms with Crippen molar-refractivity contribution in [2.75, 3.05) is 32.1 Å². The molecule has 20 heavy (non-hydrogen) atoms. The quantitative estimate of drug-likeness (QED) is 0.915. The Balaban J connectivity index is 1.57. The molecule has 4 heteroatoms. The van der Waals surface area contributed by atoms with Crippen molar-refractivity contribution < 1.29 is 9.53 Å². The second-order valence-corrected chi connectivity index (χ2v) is 5.83. The van der Waals surface area contributed by atoms with E-state index in [4.69, 9.17) is 4.74 Å². The third-order valence-corrected chi connectivity index (χ3v) is 4.32. The lowest BCUT2D eigenvalue weighted by atomic mass is 9.99. The minimum atomic E-state index is -0.0998. The highest BCUT2D eigenvalue weighted by atomic mass is 16.5. The summed E-state index contributed by atoms with van der Waals surface area (Å²) in [5.41, 5.74) is 2.34. The molecule has 0 bridgehead atoms. The van der Waals surface area contributed by atoms with Gasteiger partial charge in [-0.2, -0.15) is 0 Å². The van der Waals surface area contributed by atoms with Gasteiger partial charge in [-0.05, 0) is 30.4 Å². The third-order valence-electron chi connectivity index (χ3n) is 4.32. The molecule has 1 atom stereocenters. The van der Waals surface area contributed by atoms with Gasteiger partial charge < -0.3 is 15.0 Å². The van der Waals surface area contributed by atoms with E-state index in [9.17, 15) is 4.79 Å². The van der Waals surface area contributed by atoms with Crippen LogP contribution in [0.3, 0.4) is 0 Å². The summed E-state index contributed by atoms with van der Waals surface area (Å²) in [4.78, 5) is 14.4. The van der Waals surface area contributed by atoms with E-state index in [1.807, 2.05) is 30.1 Å². The van der Waals surface area contributed by atoms with Gasteiger partial charge >= 0.3 is 0 Å². The Morgan fingerprint density at radius 2 is 2.10 bits per heavy atom. The van der Waals surface area contributed by atoms with Crippen molar-refractivity contribution in [2.45, 2.75) is 25.3 Å². The van der Waals surface area contributed by atoms with Crippen molar-refractivity contribution >= 4 is 11.6 Å². The zero-order valence-corrected chi connectivity index (χ0v) is 12.0. The Bertz CT molecular complexity index is 458. The number of carbonyl (C=O) groups excluding carboxylic acids is 1. The lowest BCUT2D eigenvalue weighted by Crippen LogP contribution is -2.42. The summed E-state index contributed by atoms with van der Waals surface area (Å²) in [6.07, 6.45) is 2.93. The largest absolute Gasteiger partial charge is 0.381 e. The average Bonchev–Trinajstić information content (AvgIpc) is 2.91. The van der Waals surface area contributed by atoms with Crippen LogP contribution in [0.5, 0.6) is 0 Å². The normalized spacial score (nSPS) is 22.1. The number of amides is 1. The van der Waals surface area contributed by atoms with Gasteiger partial charge in [0.25, 0.3) is 0 Å². The monoisotopic (exact) mass is 274 g/mol. The molecule has 2 aliphatic heterocycles. The van der Waals surface area contributed by atoms with Crippen LogP contribution in [0.25, 0.3) is 0 Å².